The summed E-state index contributed by atoms with van der Waals surface area (Å²) in [5, 5.41) is 3.69. The highest BCUT2D eigenvalue weighted by atomic mass is 15.0. The lowest BCUT2D eigenvalue weighted by Gasteiger charge is -2.14. The smallest absolute Gasteiger partial charge is 0.164 e. The van der Waals surface area contributed by atoms with E-state index in [0.29, 0.717) is 17.5 Å². The summed E-state index contributed by atoms with van der Waals surface area (Å²) in [5.41, 5.74) is 10.7. The summed E-state index contributed by atoms with van der Waals surface area (Å²) in [7, 11) is 0. The van der Waals surface area contributed by atoms with Gasteiger partial charge in [0.1, 0.15) is 0 Å². The number of rotatable bonds is 6. The van der Waals surface area contributed by atoms with Crippen molar-refractivity contribution in [2.24, 2.45) is 0 Å². The molecule has 52 heavy (non-hydrogen) atoms. The van der Waals surface area contributed by atoms with Gasteiger partial charge < -0.3 is 9.13 Å². The Labute approximate surface area is 300 Å². The van der Waals surface area contributed by atoms with E-state index in [1.807, 2.05) is 60.7 Å². The van der Waals surface area contributed by atoms with Crippen molar-refractivity contribution >= 4 is 32.7 Å². The lowest BCUT2D eigenvalue weighted by atomic mass is 10.1. The standard InChI is InChI=1S/C47H31N5/c1-3-14-33(15-4-1)45-48-46(34-16-5-2-6-17-34)50-47(49-45)36-19-13-20-38(30-36)52-41-23-10-7-18-35(41)31-44(52)32-26-28-37(29-27-32)51-42-24-11-8-21-39(42)40-22-9-12-25-43(40)51/h1-31H. The zero-order chi connectivity index (χ0) is 34.4. The Bertz CT molecular complexity index is 2780. The highest BCUT2D eigenvalue weighted by molar-refractivity contribution is 6.09. The molecule has 0 saturated heterocycles. The number of hydrogen-bond acceptors (Lipinski definition) is 3. The van der Waals surface area contributed by atoms with Gasteiger partial charge >= 0.3 is 0 Å². The zero-order valence-corrected chi connectivity index (χ0v) is 28.1. The second-order valence-electron chi connectivity index (χ2n) is 12.9. The summed E-state index contributed by atoms with van der Waals surface area (Å²) in [6, 6.07) is 65.7. The van der Waals surface area contributed by atoms with Crippen LogP contribution in [0.15, 0.2) is 188 Å². The minimum atomic E-state index is 0.628. The molecule has 0 aliphatic rings. The molecular weight excluding hydrogens is 635 g/mol. The fraction of sp³-hybridized carbons (Fsp3) is 0. The molecule has 0 atom stereocenters. The summed E-state index contributed by atoms with van der Waals surface area (Å²) in [4.78, 5) is 14.9. The Morgan fingerprint density at radius 2 is 0.808 bits per heavy atom. The molecule has 0 spiro atoms. The molecule has 244 valence electrons. The van der Waals surface area contributed by atoms with Crippen molar-refractivity contribution in [3.05, 3.63) is 188 Å². The van der Waals surface area contributed by atoms with Crippen LogP contribution in [0.25, 0.3) is 89.5 Å². The van der Waals surface area contributed by atoms with Crippen LogP contribution in [0.1, 0.15) is 0 Å². The van der Waals surface area contributed by atoms with E-state index in [1.54, 1.807) is 0 Å². The Kier molecular flexibility index (Phi) is 7.07. The van der Waals surface area contributed by atoms with Gasteiger partial charge in [-0.2, -0.15) is 0 Å². The molecule has 0 aliphatic heterocycles. The molecule has 0 bridgehead atoms. The first kappa shape index (κ1) is 29.8. The molecule has 0 aliphatic carbocycles. The molecule has 10 aromatic rings. The maximum Gasteiger partial charge on any atom is 0.164 e. The van der Waals surface area contributed by atoms with Gasteiger partial charge in [-0.25, -0.2) is 15.0 Å². The van der Waals surface area contributed by atoms with Gasteiger partial charge in [0, 0.05) is 44.2 Å². The summed E-state index contributed by atoms with van der Waals surface area (Å²) >= 11 is 0. The van der Waals surface area contributed by atoms with Crippen LogP contribution in [-0.2, 0) is 0 Å². The topological polar surface area (TPSA) is 48.5 Å². The van der Waals surface area contributed by atoms with Crippen molar-refractivity contribution < 1.29 is 0 Å². The molecule has 5 heteroatoms. The van der Waals surface area contributed by atoms with E-state index in [4.69, 9.17) is 15.0 Å². The normalized spacial score (nSPS) is 11.5. The van der Waals surface area contributed by atoms with E-state index >= 15 is 0 Å². The first-order valence-electron chi connectivity index (χ1n) is 17.5. The number of benzene rings is 7. The number of fused-ring (bicyclic) bond motifs is 4. The van der Waals surface area contributed by atoms with Crippen LogP contribution in [0, 0.1) is 0 Å². The SMILES string of the molecule is c1ccc(-c2nc(-c3ccccc3)nc(-c3cccc(-n4c(-c5ccc(-n6c7ccccc7c7ccccc76)cc5)cc5ccccc54)c3)n2)cc1. The number of para-hydroxylation sites is 3. The van der Waals surface area contributed by atoms with E-state index in [-0.39, 0.29) is 0 Å². The Morgan fingerprint density at radius 1 is 0.308 bits per heavy atom. The van der Waals surface area contributed by atoms with Gasteiger partial charge in [-0.3, -0.25) is 0 Å². The third-order valence-electron chi connectivity index (χ3n) is 9.77. The lowest BCUT2D eigenvalue weighted by molar-refractivity contribution is 1.07. The minimum absolute atomic E-state index is 0.628. The third-order valence-corrected chi connectivity index (χ3v) is 9.77. The molecule has 0 saturated carbocycles. The average molecular weight is 666 g/mol. The van der Waals surface area contributed by atoms with Gasteiger partial charge in [-0.05, 0) is 54.1 Å². The largest absolute Gasteiger partial charge is 0.309 e. The van der Waals surface area contributed by atoms with Crippen LogP contribution in [0.3, 0.4) is 0 Å². The Morgan fingerprint density at radius 3 is 1.42 bits per heavy atom. The first-order chi connectivity index (χ1) is 25.8. The van der Waals surface area contributed by atoms with E-state index in [2.05, 4.69) is 137 Å². The quantitative estimate of drug-likeness (QED) is 0.178. The number of hydrogen-bond donors (Lipinski definition) is 0. The van der Waals surface area contributed by atoms with E-state index in [1.165, 1.54) is 27.2 Å². The maximum absolute atomic E-state index is 5.01. The van der Waals surface area contributed by atoms with Gasteiger partial charge in [0.25, 0.3) is 0 Å². The maximum atomic E-state index is 5.01. The summed E-state index contributed by atoms with van der Waals surface area (Å²) in [5.74, 6) is 1.92. The third kappa shape index (κ3) is 5.07. The van der Waals surface area contributed by atoms with E-state index in [9.17, 15) is 0 Å². The van der Waals surface area contributed by atoms with Crippen molar-refractivity contribution in [1.29, 1.82) is 0 Å². The molecule has 5 nitrogen and oxygen atoms in total. The Hall–Kier alpha value is -7.11. The highest BCUT2D eigenvalue weighted by Gasteiger charge is 2.17. The van der Waals surface area contributed by atoms with Crippen LogP contribution in [-0.4, -0.2) is 24.1 Å². The van der Waals surface area contributed by atoms with Crippen molar-refractivity contribution in [1.82, 2.24) is 24.1 Å². The van der Waals surface area contributed by atoms with Crippen molar-refractivity contribution in [3.8, 4) is 56.8 Å². The van der Waals surface area contributed by atoms with Gasteiger partial charge in [0.15, 0.2) is 17.5 Å². The molecule has 3 aromatic heterocycles. The molecular formula is C47H31N5. The second-order valence-corrected chi connectivity index (χ2v) is 12.9. The van der Waals surface area contributed by atoms with Crippen LogP contribution in [0.4, 0.5) is 0 Å². The van der Waals surface area contributed by atoms with Crippen molar-refractivity contribution in [3.63, 3.8) is 0 Å². The highest BCUT2D eigenvalue weighted by Crippen LogP contribution is 2.36. The first-order valence-corrected chi connectivity index (χ1v) is 17.5. The van der Waals surface area contributed by atoms with Gasteiger partial charge in [-0.15, -0.1) is 0 Å². The number of nitrogens with zero attached hydrogens (tertiary/aromatic N) is 5. The molecule has 0 amide bonds. The minimum Gasteiger partial charge on any atom is -0.309 e. The molecule has 0 unspecified atom stereocenters. The zero-order valence-electron chi connectivity index (χ0n) is 28.1. The summed E-state index contributed by atoms with van der Waals surface area (Å²) in [6.45, 7) is 0. The summed E-state index contributed by atoms with van der Waals surface area (Å²) < 4.78 is 4.70. The predicted molar refractivity (Wildman–Crippen MR) is 213 cm³/mol. The van der Waals surface area contributed by atoms with Crippen LogP contribution < -0.4 is 0 Å². The van der Waals surface area contributed by atoms with Crippen LogP contribution in [0.2, 0.25) is 0 Å². The second kappa shape index (κ2) is 12.3. The van der Waals surface area contributed by atoms with E-state index in [0.717, 1.165) is 44.8 Å². The average Bonchev–Trinajstić information content (AvgIpc) is 3.78. The molecule has 3 heterocycles. The fourth-order valence-corrected chi connectivity index (χ4v) is 7.35. The molecule has 7 aromatic carbocycles. The van der Waals surface area contributed by atoms with E-state index < -0.39 is 0 Å². The molecule has 0 radical (unpaired) electrons. The monoisotopic (exact) mass is 665 g/mol. The van der Waals surface area contributed by atoms with Crippen molar-refractivity contribution in [2.75, 3.05) is 0 Å². The Balaban J connectivity index is 1.10. The molecule has 10 rings (SSSR count). The predicted octanol–water partition coefficient (Wildman–Crippen LogP) is 11.6. The lowest BCUT2D eigenvalue weighted by Crippen LogP contribution is -2.01. The molecule has 0 fully saturated rings. The number of aromatic nitrogens is 5. The summed E-state index contributed by atoms with van der Waals surface area (Å²) in [6.07, 6.45) is 0. The van der Waals surface area contributed by atoms with Crippen molar-refractivity contribution in [2.45, 2.75) is 0 Å². The van der Waals surface area contributed by atoms with Crippen LogP contribution in [0.5, 0.6) is 0 Å². The van der Waals surface area contributed by atoms with Crippen LogP contribution >= 0.6 is 0 Å². The van der Waals surface area contributed by atoms with Gasteiger partial charge in [-0.1, -0.05) is 140 Å². The van der Waals surface area contributed by atoms with Gasteiger partial charge in [0.2, 0.25) is 0 Å². The fourth-order valence-electron chi connectivity index (χ4n) is 7.35. The van der Waals surface area contributed by atoms with Gasteiger partial charge in [0.05, 0.1) is 22.2 Å². The molecule has 0 N–H and O–H groups in total.